The van der Waals surface area contributed by atoms with Crippen LogP contribution in [0.1, 0.15) is 19.4 Å². The lowest BCUT2D eigenvalue weighted by atomic mass is 10.0. The highest BCUT2D eigenvalue weighted by Crippen LogP contribution is 2.15. The summed E-state index contributed by atoms with van der Waals surface area (Å²) >= 11 is 0. The molecule has 0 aliphatic rings. The van der Waals surface area contributed by atoms with Crippen LogP contribution in [-0.4, -0.2) is 11.9 Å². The number of hydrogen-bond donors (Lipinski definition) is 1. The Labute approximate surface area is 84.6 Å². The normalized spacial score (nSPS) is 11.9. The second-order valence-electron chi connectivity index (χ2n) is 3.31. The molecule has 0 aliphatic heterocycles. The summed E-state index contributed by atoms with van der Waals surface area (Å²) in [5.74, 6) is -0.0328. The third-order valence-electron chi connectivity index (χ3n) is 2.09. The van der Waals surface area contributed by atoms with Crippen molar-refractivity contribution in [2.24, 2.45) is 0 Å². The van der Waals surface area contributed by atoms with Gasteiger partial charge in [-0.2, -0.15) is 0 Å². The molecule has 1 N–H and O–H groups in total. The monoisotopic (exact) mass is 189 g/mol. The second kappa shape index (κ2) is 4.61. The molecular weight excluding hydrogens is 174 g/mol. The lowest BCUT2D eigenvalue weighted by Crippen LogP contribution is -2.30. The number of nitrogens with one attached hydrogen (secondary N) is 1. The molecule has 0 aliphatic carbocycles. The molecule has 0 aromatic heterocycles. The Morgan fingerprint density at radius 2 is 1.93 bits per heavy atom. The first-order valence-corrected chi connectivity index (χ1v) is 4.62. The molecule has 0 saturated heterocycles. The van der Waals surface area contributed by atoms with Crippen molar-refractivity contribution in [3.63, 3.8) is 0 Å². The molecule has 2 heteroatoms. The number of carbonyl (C=O) groups is 1. The predicted molar refractivity (Wildman–Crippen MR) is 58.8 cm³/mol. The van der Waals surface area contributed by atoms with E-state index in [-0.39, 0.29) is 11.9 Å². The predicted octanol–water partition coefficient (Wildman–Crippen LogP) is 2.22. The van der Waals surface area contributed by atoms with Crippen molar-refractivity contribution in [3.05, 3.63) is 42.5 Å². The minimum absolute atomic E-state index is 0.0186. The van der Waals surface area contributed by atoms with Crippen molar-refractivity contribution >= 4 is 11.5 Å². The Balaban J connectivity index is 2.71. The molecule has 0 fully saturated rings. The van der Waals surface area contributed by atoms with Crippen molar-refractivity contribution < 1.29 is 4.79 Å². The van der Waals surface area contributed by atoms with Crippen LogP contribution in [0.3, 0.4) is 0 Å². The smallest absolute Gasteiger partial charge is 0.217 e. The van der Waals surface area contributed by atoms with Crippen molar-refractivity contribution in [3.8, 4) is 0 Å². The van der Waals surface area contributed by atoms with E-state index in [1.165, 1.54) is 6.92 Å². The summed E-state index contributed by atoms with van der Waals surface area (Å²) in [6.07, 6.45) is 0. The van der Waals surface area contributed by atoms with Gasteiger partial charge >= 0.3 is 0 Å². The Hall–Kier alpha value is -1.57. The average Bonchev–Trinajstić information content (AvgIpc) is 2.17. The zero-order chi connectivity index (χ0) is 10.6. The standard InChI is InChI=1S/C12H15NO/c1-9(10(2)13-11(3)14)12-7-5-4-6-8-12/h4-8,10H,1H2,2-3H3,(H,13,14)/t10-/m0/s1. The van der Waals surface area contributed by atoms with Crippen LogP contribution >= 0.6 is 0 Å². The molecule has 14 heavy (non-hydrogen) atoms. The minimum atomic E-state index is -0.0328. The van der Waals surface area contributed by atoms with Crippen LogP contribution in [-0.2, 0) is 4.79 Å². The molecule has 0 heterocycles. The Bertz CT molecular complexity index is 329. The van der Waals surface area contributed by atoms with E-state index in [9.17, 15) is 4.79 Å². The summed E-state index contributed by atoms with van der Waals surface area (Å²) < 4.78 is 0. The summed E-state index contributed by atoms with van der Waals surface area (Å²) in [6, 6.07) is 9.83. The molecule has 1 aromatic rings. The van der Waals surface area contributed by atoms with Gasteiger partial charge in [-0.05, 0) is 18.1 Å². The number of amides is 1. The highest BCUT2D eigenvalue weighted by molar-refractivity contribution is 5.77. The molecule has 0 saturated carbocycles. The first kappa shape index (κ1) is 10.5. The van der Waals surface area contributed by atoms with Crippen LogP contribution in [0.15, 0.2) is 36.9 Å². The largest absolute Gasteiger partial charge is 0.350 e. The second-order valence-corrected chi connectivity index (χ2v) is 3.31. The topological polar surface area (TPSA) is 29.1 Å². The van der Waals surface area contributed by atoms with Gasteiger partial charge in [-0.1, -0.05) is 36.9 Å². The highest BCUT2D eigenvalue weighted by Gasteiger charge is 2.08. The number of carbonyl (C=O) groups excluding carboxylic acids is 1. The zero-order valence-electron chi connectivity index (χ0n) is 8.58. The fourth-order valence-electron chi connectivity index (χ4n) is 1.29. The van der Waals surface area contributed by atoms with E-state index in [1.54, 1.807) is 0 Å². The molecule has 2 nitrogen and oxygen atoms in total. The van der Waals surface area contributed by atoms with Gasteiger partial charge in [-0.3, -0.25) is 4.79 Å². The van der Waals surface area contributed by atoms with Gasteiger partial charge in [0.1, 0.15) is 0 Å². The van der Waals surface area contributed by atoms with Crippen molar-refractivity contribution in [1.82, 2.24) is 5.32 Å². The first-order chi connectivity index (χ1) is 6.61. The van der Waals surface area contributed by atoms with Gasteiger partial charge < -0.3 is 5.32 Å². The molecule has 1 atom stereocenters. The average molecular weight is 189 g/mol. The van der Waals surface area contributed by atoms with E-state index in [0.29, 0.717) is 0 Å². The van der Waals surface area contributed by atoms with Gasteiger partial charge in [0, 0.05) is 6.92 Å². The number of hydrogen-bond acceptors (Lipinski definition) is 1. The molecule has 0 radical (unpaired) electrons. The third-order valence-corrected chi connectivity index (χ3v) is 2.09. The van der Waals surface area contributed by atoms with Crippen LogP contribution in [0, 0.1) is 0 Å². The van der Waals surface area contributed by atoms with Crippen LogP contribution in [0.2, 0.25) is 0 Å². The fraction of sp³-hybridized carbons (Fsp3) is 0.250. The Morgan fingerprint density at radius 3 is 2.43 bits per heavy atom. The van der Waals surface area contributed by atoms with Crippen LogP contribution in [0.25, 0.3) is 5.57 Å². The van der Waals surface area contributed by atoms with Gasteiger partial charge in [-0.15, -0.1) is 0 Å². The SMILES string of the molecule is C=C(c1ccccc1)[C@H](C)NC(C)=O. The lowest BCUT2D eigenvalue weighted by Gasteiger charge is -2.15. The molecule has 1 amide bonds. The van der Waals surface area contributed by atoms with E-state index in [1.807, 2.05) is 37.3 Å². The minimum Gasteiger partial charge on any atom is -0.350 e. The van der Waals surface area contributed by atoms with Crippen LogP contribution < -0.4 is 5.32 Å². The Morgan fingerprint density at radius 1 is 1.36 bits per heavy atom. The number of rotatable bonds is 3. The lowest BCUT2D eigenvalue weighted by molar-refractivity contribution is -0.119. The summed E-state index contributed by atoms with van der Waals surface area (Å²) in [7, 11) is 0. The highest BCUT2D eigenvalue weighted by atomic mass is 16.1. The molecule has 1 rings (SSSR count). The summed E-state index contributed by atoms with van der Waals surface area (Å²) in [4.78, 5) is 10.8. The van der Waals surface area contributed by atoms with Gasteiger partial charge in [0.2, 0.25) is 5.91 Å². The molecule has 74 valence electrons. The van der Waals surface area contributed by atoms with Gasteiger partial charge in [-0.25, -0.2) is 0 Å². The van der Waals surface area contributed by atoms with Crippen LogP contribution in [0.4, 0.5) is 0 Å². The first-order valence-electron chi connectivity index (χ1n) is 4.62. The molecule has 1 aromatic carbocycles. The van der Waals surface area contributed by atoms with Crippen molar-refractivity contribution in [1.29, 1.82) is 0 Å². The van der Waals surface area contributed by atoms with E-state index in [4.69, 9.17) is 0 Å². The maximum atomic E-state index is 10.8. The van der Waals surface area contributed by atoms with E-state index < -0.39 is 0 Å². The van der Waals surface area contributed by atoms with Gasteiger partial charge in [0.05, 0.1) is 6.04 Å². The molecular formula is C12H15NO. The summed E-state index contributed by atoms with van der Waals surface area (Å²) in [5.41, 5.74) is 1.99. The van der Waals surface area contributed by atoms with Gasteiger partial charge in [0.25, 0.3) is 0 Å². The maximum Gasteiger partial charge on any atom is 0.217 e. The molecule has 0 spiro atoms. The van der Waals surface area contributed by atoms with E-state index >= 15 is 0 Å². The van der Waals surface area contributed by atoms with E-state index in [0.717, 1.165) is 11.1 Å². The fourth-order valence-corrected chi connectivity index (χ4v) is 1.29. The summed E-state index contributed by atoms with van der Waals surface area (Å²) in [5, 5.41) is 2.80. The molecule has 0 unspecified atom stereocenters. The van der Waals surface area contributed by atoms with Crippen LogP contribution in [0.5, 0.6) is 0 Å². The quantitative estimate of drug-likeness (QED) is 0.776. The van der Waals surface area contributed by atoms with Gasteiger partial charge in [0.15, 0.2) is 0 Å². The van der Waals surface area contributed by atoms with Crippen molar-refractivity contribution in [2.75, 3.05) is 0 Å². The van der Waals surface area contributed by atoms with E-state index in [2.05, 4.69) is 11.9 Å². The third kappa shape index (κ3) is 2.73. The zero-order valence-corrected chi connectivity index (χ0v) is 8.58. The Kier molecular flexibility index (Phi) is 3.46. The van der Waals surface area contributed by atoms with Crippen molar-refractivity contribution in [2.45, 2.75) is 19.9 Å². The summed E-state index contributed by atoms with van der Waals surface area (Å²) in [6.45, 7) is 7.40. The maximum absolute atomic E-state index is 10.8. The number of benzene rings is 1. The molecule has 0 bridgehead atoms.